The minimum absolute atomic E-state index is 0.328. The molecule has 2 unspecified atom stereocenters. The summed E-state index contributed by atoms with van der Waals surface area (Å²) in [5.41, 5.74) is 2.19. The normalized spacial score (nSPS) is 29.4. The molecule has 2 aliphatic rings. The van der Waals surface area contributed by atoms with Crippen molar-refractivity contribution in [3.05, 3.63) is 35.4 Å². The Bertz CT molecular complexity index is 439. The fourth-order valence-corrected chi connectivity index (χ4v) is 3.65. The van der Waals surface area contributed by atoms with Crippen molar-refractivity contribution in [3.8, 4) is 0 Å². The van der Waals surface area contributed by atoms with Crippen molar-refractivity contribution in [2.24, 2.45) is 5.92 Å². The average Bonchev–Trinajstić information content (AvgIpc) is 2.78. The average molecular weight is 257 g/mol. The zero-order chi connectivity index (χ0) is 13.2. The molecule has 1 N–H and O–H groups in total. The van der Waals surface area contributed by atoms with Crippen LogP contribution in [-0.4, -0.2) is 17.9 Å². The summed E-state index contributed by atoms with van der Waals surface area (Å²) in [6.45, 7) is 2.14. The van der Waals surface area contributed by atoms with E-state index in [2.05, 4.69) is 24.4 Å². The molecule has 0 radical (unpaired) electrons. The smallest absolute Gasteiger partial charge is 0.163 e. The van der Waals surface area contributed by atoms with Crippen molar-refractivity contribution in [3.63, 3.8) is 0 Å². The Labute approximate surface area is 115 Å². The highest BCUT2D eigenvalue weighted by molar-refractivity contribution is 5.96. The molecule has 2 bridgehead atoms. The first-order valence-electron chi connectivity index (χ1n) is 7.62. The summed E-state index contributed by atoms with van der Waals surface area (Å²) >= 11 is 0. The number of ketones is 1. The van der Waals surface area contributed by atoms with Crippen LogP contribution in [0, 0.1) is 5.92 Å². The van der Waals surface area contributed by atoms with Gasteiger partial charge < -0.3 is 5.32 Å². The number of hydrogen-bond donors (Lipinski definition) is 1. The quantitative estimate of drug-likeness (QED) is 0.838. The van der Waals surface area contributed by atoms with Crippen LogP contribution in [0.5, 0.6) is 0 Å². The zero-order valence-electron chi connectivity index (χ0n) is 11.7. The van der Waals surface area contributed by atoms with E-state index < -0.39 is 0 Å². The van der Waals surface area contributed by atoms with Crippen LogP contribution in [0.15, 0.2) is 24.3 Å². The number of carbonyl (C=O) groups excluding carboxylic acids is 1. The van der Waals surface area contributed by atoms with Gasteiger partial charge in [0.25, 0.3) is 0 Å². The Morgan fingerprint density at radius 3 is 2.37 bits per heavy atom. The van der Waals surface area contributed by atoms with E-state index >= 15 is 0 Å². The summed E-state index contributed by atoms with van der Waals surface area (Å²) in [6, 6.07) is 9.52. The number of hydrogen-bond acceptors (Lipinski definition) is 2. The van der Waals surface area contributed by atoms with Gasteiger partial charge in [0.2, 0.25) is 0 Å². The van der Waals surface area contributed by atoms with Gasteiger partial charge in [-0.15, -0.1) is 0 Å². The first-order valence-corrected chi connectivity index (χ1v) is 7.62. The van der Waals surface area contributed by atoms with Gasteiger partial charge in [0.05, 0.1) is 0 Å². The molecule has 2 atom stereocenters. The van der Waals surface area contributed by atoms with E-state index in [0.29, 0.717) is 23.8 Å². The number of rotatable bonds is 4. The van der Waals surface area contributed by atoms with E-state index in [1.165, 1.54) is 31.2 Å². The molecule has 2 heterocycles. The summed E-state index contributed by atoms with van der Waals surface area (Å²) in [4.78, 5) is 12.3. The van der Waals surface area contributed by atoms with Gasteiger partial charge in [0.1, 0.15) is 0 Å². The lowest BCUT2D eigenvalue weighted by atomic mass is 9.87. The van der Waals surface area contributed by atoms with Crippen LogP contribution >= 0.6 is 0 Å². The van der Waals surface area contributed by atoms with Gasteiger partial charge in [0, 0.05) is 24.1 Å². The number of piperidine rings is 1. The van der Waals surface area contributed by atoms with Gasteiger partial charge >= 0.3 is 0 Å². The van der Waals surface area contributed by atoms with Crippen LogP contribution < -0.4 is 5.32 Å². The largest absolute Gasteiger partial charge is 0.311 e. The monoisotopic (exact) mass is 257 g/mol. The Balaban J connectivity index is 1.61. The molecule has 0 saturated carbocycles. The van der Waals surface area contributed by atoms with Crippen LogP contribution in [-0.2, 0) is 6.42 Å². The van der Waals surface area contributed by atoms with Crippen LogP contribution in [0.3, 0.4) is 0 Å². The molecule has 3 rings (SSSR count). The van der Waals surface area contributed by atoms with Gasteiger partial charge in [0.15, 0.2) is 5.78 Å². The van der Waals surface area contributed by atoms with E-state index in [1.54, 1.807) is 0 Å². The minimum Gasteiger partial charge on any atom is -0.311 e. The number of carbonyl (C=O) groups is 1. The van der Waals surface area contributed by atoms with Crippen molar-refractivity contribution < 1.29 is 4.79 Å². The third-order valence-corrected chi connectivity index (χ3v) is 4.73. The van der Waals surface area contributed by atoms with Crippen LogP contribution in [0.25, 0.3) is 0 Å². The first-order chi connectivity index (χ1) is 9.24. The summed E-state index contributed by atoms with van der Waals surface area (Å²) in [5.74, 6) is 0.922. The number of benzene rings is 1. The number of aryl methyl sites for hydroxylation is 1. The van der Waals surface area contributed by atoms with Crippen molar-refractivity contribution in [1.82, 2.24) is 5.32 Å². The van der Waals surface area contributed by atoms with E-state index in [1.807, 2.05) is 12.1 Å². The highest BCUT2D eigenvalue weighted by Crippen LogP contribution is 2.33. The highest BCUT2D eigenvalue weighted by atomic mass is 16.1. The maximum atomic E-state index is 12.3. The molecule has 1 aromatic carbocycles. The Morgan fingerprint density at radius 2 is 1.79 bits per heavy atom. The van der Waals surface area contributed by atoms with Crippen LogP contribution in [0.2, 0.25) is 0 Å². The third-order valence-electron chi connectivity index (χ3n) is 4.73. The second-order valence-corrected chi connectivity index (χ2v) is 6.15. The fourth-order valence-electron chi connectivity index (χ4n) is 3.65. The lowest BCUT2D eigenvalue weighted by Crippen LogP contribution is -2.38. The molecule has 0 spiro atoms. The Morgan fingerprint density at radius 1 is 1.16 bits per heavy atom. The van der Waals surface area contributed by atoms with E-state index in [0.717, 1.165) is 18.4 Å². The molecule has 2 heteroatoms. The lowest BCUT2D eigenvalue weighted by molar-refractivity contribution is 0.0945. The van der Waals surface area contributed by atoms with E-state index in [-0.39, 0.29) is 0 Å². The van der Waals surface area contributed by atoms with Gasteiger partial charge in [-0.3, -0.25) is 4.79 Å². The number of nitrogens with one attached hydrogen (secondary N) is 1. The maximum absolute atomic E-state index is 12.3. The molecule has 102 valence electrons. The first kappa shape index (κ1) is 12.9. The summed E-state index contributed by atoms with van der Waals surface area (Å²) in [5, 5.41) is 3.64. The second-order valence-electron chi connectivity index (χ2n) is 6.15. The van der Waals surface area contributed by atoms with Gasteiger partial charge in [-0.05, 0) is 43.6 Å². The van der Waals surface area contributed by atoms with Crippen molar-refractivity contribution >= 4 is 5.78 Å². The maximum Gasteiger partial charge on any atom is 0.163 e. The highest BCUT2D eigenvalue weighted by Gasteiger charge is 2.34. The fraction of sp³-hybridized carbons (Fsp3) is 0.588. The second kappa shape index (κ2) is 5.46. The van der Waals surface area contributed by atoms with E-state index in [4.69, 9.17) is 0 Å². The van der Waals surface area contributed by atoms with Crippen molar-refractivity contribution in [2.45, 2.75) is 57.5 Å². The van der Waals surface area contributed by atoms with Crippen LogP contribution in [0.1, 0.15) is 54.9 Å². The van der Waals surface area contributed by atoms with Gasteiger partial charge in [-0.25, -0.2) is 0 Å². The number of fused-ring (bicyclic) bond motifs is 2. The molecule has 2 fully saturated rings. The van der Waals surface area contributed by atoms with Crippen molar-refractivity contribution in [2.75, 3.05) is 0 Å². The lowest BCUT2D eigenvalue weighted by Gasteiger charge is -2.28. The SMILES string of the molecule is CCc1ccc(C(=O)CC2CC3CCC(C2)N3)cc1. The summed E-state index contributed by atoms with van der Waals surface area (Å²) < 4.78 is 0. The van der Waals surface area contributed by atoms with Crippen molar-refractivity contribution in [1.29, 1.82) is 0 Å². The number of Topliss-reactive ketones (excluding diaryl/α,β-unsaturated/α-hetero) is 1. The Kier molecular flexibility index (Phi) is 3.69. The van der Waals surface area contributed by atoms with Gasteiger partial charge in [-0.2, -0.15) is 0 Å². The van der Waals surface area contributed by atoms with Gasteiger partial charge in [-0.1, -0.05) is 31.2 Å². The molecule has 2 nitrogen and oxygen atoms in total. The minimum atomic E-state index is 0.328. The predicted octanol–water partition coefficient (Wildman–Crippen LogP) is 3.35. The summed E-state index contributed by atoms with van der Waals surface area (Å²) in [7, 11) is 0. The molecule has 1 aromatic rings. The third kappa shape index (κ3) is 2.89. The molecular formula is C17H23NO. The van der Waals surface area contributed by atoms with E-state index in [9.17, 15) is 4.79 Å². The zero-order valence-corrected chi connectivity index (χ0v) is 11.7. The molecule has 19 heavy (non-hydrogen) atoms. The predicted molar refractivity (Wildman–Crippen MR) is 77.4 cm³/mol. The summed E-state index contributed by atoms with van der Waals surface area (Å²) in [6.07, 6.45) is 6.76. The molecule has 0 aliphatic carbocycles. The Hall–Kier alpha value is -1.15. The molecule has 0 amide bonds. The molecular weight excluding hydrogens is 234 g/mol. The topological polar surface area (TPSA) is 29.1 Å². The molecule has 2 aliphatic heterocycles. The van der Waals surface area contributed by atoms with Crippen LogP contribution in [0.4, 0.5) is 0 Å². The molecule has 2 saturated heterocycles. The molecule has 0 aromatic heterocycles. The standard InChI is InChI=1S/C17H23NO/c1-2-12-3-5-14(6-4-12)17(19)11-13-9-15-7-8-16(10-13)18-15/h3-6,13,15-16,18H,2,7-11H2,1H3.